The summed E-state index contributed by atoms with van der Waals surface area (Å²) in [6, 6.07) is 0. The van der Waals surface area contributed by atoms with E-state index in [1.54, 1.807) is 0 Å². The molecule has 0 aromatic rings. The molecule has 0 aliphatic rings. The number of nitrogens with zero attached hydrogens (tertiary/aromatic N) is 2. The van der Waals surface area contributed by atoms with E-state index in [2.05, 4.69) is 42.9 Å². The molecule has 0 saturated carbocycles. The fraction of sp³-hybridized carbons (Fsp3) is 0.917. The fourth-order valence-electron chi connectivity index (χ4n) is 1.40. The third-order valence-electron chi connectivity index (χ3n) is 2.48. The highest BCUT2D eigenvalue weighted by atomic mass is 15.1. The zero-order valence-electron chi connectivity index (χ0n) is 11.3. The second kappa shape index (κ2) is 9.46. The standard InChI is InChI=1S/C12H28N4/c1-5-16(6-2)9-7-8-14-12(13)15-10-11(3)4/h11H,5-10H2,1-4H3,(H3,13,14,15). The smallest absolute Gasteiger partial charge is 0.188 e. The van der Waals surface area contributed by atoms with Crippen molar-refractivity contribution in [2.75, 3.05) is 32.7 Å². The van der Waals surface area contributed by atoms with Crippen molar-refractivity contribution in [3.63, 3.8) is 0 Å². The molecule has 0 saturated heterocycles. The minimum absolute atomic E-state index is 0.566. The average Bonchev–Trinajstić information content (AvgIpc) is 2.26. The molecule has 4 heteroatoms. The molecule has 0 spiro atoms. The lowest BCUT2D eigenvalue weighted by molar-refractivity contribution is 0.300. The summed E-state index contributed by atoms with van der Waals surface area (Å²) in [7, 11) is 0. The number of nitrogens with one attached hydrogen (secondary N) is 1. The molecule has 0 heterocycles. The Morgan fingerprint density at radius 2 is 1.94 bits per heavy atom. The molecule has 4 nitrogen and oxygen atoms in total. The molecule has 96 valence electrons. The molecule has 0 atom stereocenters. The maximum atomic E-state index is 5.73. The molecule has 0 fully saturated rings. The largest absolute Gasteiger partial charge is 0.370 e. The van der Waals surface area contributed by atoms with Crippen LogP contribution in [-0.2, 0) is 0 Å². The van der Waals surface area contributed by atoms with E-state index < -0.39 is 0 Å². The maximum Gasteiger partial charge on any atom is 0.188 e. The number of guanidine groups is 1. The summed E-state index contributed by atoms with van der Waals surface area (Å²) < 4.78 is 0. The van der Waals surface area contributed by atoms with Crippen molar-refractivity contribution < 1.29 is 0 Å². The van der Waals surface area contributed by atoms with Gasteiger partial charge in [-0.1, -0.05) is 27.7 Å². The van der Waals surface area contributed by atoms with Crippen LogP contribution >= 0.6 is 0 Å². The third kappa shape index (κ3) is 8.53. The molecule has 3 N–H and O–H groups in total. The zero-order valence-corrected chi connectivity index (χ0v) is 11.3. The van der Waals surface area contributed by atoms with Crippen LogP contribution in [0.3, 0.4) is 0 Å². The number of rotatable bonds is 8. The first-order valence-electron chi connectivity index (χ1n) is 6.36. The van der Waals surface area contributed by atoms with Gasteiger partial charge in [-0.3, -0.25) is 4.99 Å². The molecular weight excluding hydrogens is 200 g/mol. The Labute approximate surface area is 100 Å². The summed E-state index contributed by atoms with van der Waals surface area (Å²) in [5.74, 6) is 1.14. The topological polar surface area (TPSA) is 53.6 Å². The first-order chi connectivity index (χ1) is 7.60. The third-order valence-corrected chi connectivity index (χ3v) is 2.48. The lowest BCUT2D eigenvalue weighted by atomic mass is 10.2. The highest BCUT2D eigenvalue weighted by Gasteiger charge is 1.98. The van der Waals surface area contributed by atoms with E-state index in [1.165, 1.54) is 0 Å². The normalized spacial score (nSPS) is 12.5. The van der Waals surface area contributed by atoms with Gasteiger partial charge in [-0.25, -0.2) is 0 Å². The van der Waals surface area contributed by atoms with E-state index >= 15 is 0 Å². The second-order valence-electron chi connectivity index (χ2n) is 4.43. The Balaban J connectivity index is 3.54. The van der Waals surface area contributed by atoms with Gasteiger partial charge in [0.05, 0.1) is 0 Å². The number of nitrogens with two attached hydrogens (primary N) is 1. The Morgan fingerprint density at radius 3 is 2.44 bits per heavy atom. The van der Waals surface area contributed by atoms with Crippen molar-refractivity contribution >= 4 is 5.96 Å². The number of aliphatic imine (C=N–C) groups is 1. The zero-order chi connectivity index (χ0) is 12.4. The van der Waals surface area contributed by atoms with E-state index in [-0.39, 0.29) is 0 Å². The van der Waals surface area contributed by atoms with Gasteiger partial charge in [0.15, 0.2) is 5.96 Å². The van der Waals surface area contributed by atoms with Crippen LogP contribution in [0.5, 0.6) is 0 Å². The van der Waals surface area contributed by atoms with Crippen LogP contribution in [0.25, 0.3) is 0 Å². The first kappa shape index (κ1) is 15.2. The highest BCUT2D eigenvalue weighted by molar-refractivity contribution is 5.77. The summed E-state index contributed by atoms with van der Waals surface area (Å²) in [6.45, 7) is 13.7. The second-order valence-corrected chi connectivity index (χ2v) is 4.43. The number of hydrogen-bond acceptors (Lipinski definition) is 2. The van der Waals surface area contributed by atoms with E-state index in [9.17, 15) is 0 Å². The van der Waals surface area contributed by atoms with E-state index in [1.807, 2.05) is 0 Å². The summed E-state index contributed by atoms with van der Waals surface area (Å²) >= 11 is 0. The van der Waals surface area contributed by atoms with Gasteiger partial charge < -0.3 is 16.0 Å². The molecule has 0 unspecified atom stereocenters. The van der Waals surface area contributed by atoms with Crippen LogP contribution in [0.2, 0.25) is 0 Å². The quantitative estimate of drug-likeness (QED) is 0.374. The minimum atomic E-state index is 0.566. The molecule has 0 amide bonds. The van der Waals surface area contributed by atoms with Crippen LogP contribution in [0.15, 0.2) is 4.99 Å². The van der Waals surface area contributed by atoms with Crippen molar-refractivity contribution in [3.8, 4) is 0 Å². The molecule has 0 aliphatic heterocycles. The van der Waals surface area contributed by atoms with Crippen molar-refractivity contribution in [2.24, 2.45) is 16.6 Å². The molecule has 0 aromatic carbocycles. The Morgan fingerprint density at radius 1 is 1.31 bits per heavy atom. The Kier molecular flexibility index (Phi) is 9.00. The molecule has 0 aliphatic carbocycles. The maximum absolute atomic E-state index is 5.73. The molecule has 0 bridgehead atoms. The number of hydrogen-bond donors (Lipinski definition) is 2. The van der Waals surface area contributed by atoms with Crippen LogP contribution < -0.4 is 11.1 Å². The van der Waals surface area contributed by atoms with Crippen molar-refractivity contribution in [1.82, 2.24) is 10.2 Å². The summed E-state index contributed by atoms with van der Waals surface area (Å²) in [5.41, 5.74) is 5.73. The summed E-state index contributed by atoms with van der Waals surface area (Å²) in [6.07, 6.45) is 1.11. The Bertz CT molecular complexity index is 185. The van der Waals surface area contributed by atoms with Gasteiger partial charge in [-0.2, -0.15) is 0 Å². The monoisotopic (exact) mass is 228 g/mol. The summed E-state index contributed by atoms with van der Waals surface area (Å²) in [4.78, 5) is 6.66. The fourth-order valence-corrected chi connectivity index (χ4v) is 1.40. The predicted octanol–water partition coefficient (Wildman–Crippen LogP) is 1.28. The van der Waals surface area contributed by atoms with Crippen LogP contribution in [-0.4, -0.2) is 43.6 Å². The summed E-state index contributed by atoms with van der Waals surface area (Å²) in [5, 5.41) is 3.14. The van der Waals surface area contributed by atoms with Crippen molar-refractivity contribution in [1.29, 1.82) is 0 Å². The average molecular weight is 228 g/mol. The van der Waals surface area contributed by atoms with Gasteiger partial charge in [0.25, 0.3) is 0 Å². The van der Waals surface area contributed by atoms with Gasteiger partial charge in [-0.05, 0) is 32.0 Å². The predicted molar refractivity (Wildman–Crippen MR) is 71.7 cm³/mol. The lowest BCUT2D eigenvalue weighted by Gasteiger charge is -2.17. The molecular formula is C12H28N4. The highest BCUT2D eigenvalue weighted by Crippen LogP contribution is 1.91. The van der Waals surface area contributed by atoms with Crippen LogP contribution in [0, 0.1) is 5.92 Å². The van der Waals surface area contributed by atoms with Gasteiger partial charge in [-0.15, -0.1) is 0 Å². The molecule has 16 heavy (non-hydrogen) atoms. The minimum Gasteiger partial charge on any atom is -0.370 e. The first-order valence-corrected chi connectivity index (χ1v) is 6.36. The van der Waals surface area contributed by atoms with Crippen molar-refractivity contribution in [3.05, 3.63) is 0 Å². The van der Waals surface area contributed by atoms with Crippen molar-refractivity contribution in [2.45, 2.75) is 34.1 Å². The molecule has 0 aromatic heterocycles. The molecule has 0 radical (unpaired) electrons. The van der Waals surface area contributed by atoms with Gasteiger partial charge in [0, 0.05) is 13.1 Å². The van der Waals surface area contributed by atoms with Gasteiger partial charge in [0.1, 0.15) is 0 Å². The van der Waals surface area contributed by atoms with E-state index in [0.717, 1.165) is 39.1 Å². The SMILES string of the molecule is CCN(CC)CCCNC(N)=NCC(C)C. The van der Waals surface area contributed by atoms with Gasteiger partial charge in [0.2, 0.25) is 0 Å². The van der Waals surface area contributed by atoms with E-state index in [0.29, 0.717) is 11.9 Å². The van der Waals surface area contributed by atoms with E-state index in [4.69, 9.17) is 5.73 Å². The molecule has 0 rings (SSSR count). The Hall–Kier alpha value is -0.770. The van der Waals surface area contributed by atoms with Crippen LogP contribution in [0.4, 0.5) is 0 Å². The lowest BCUT2D eigenvalue weighted by Crippen LogP contribution is -2.34. The van der Waals surface area contributed by atoms with Gasteiger partial charge >= 0.3 is 0 Å². The van der Waals surface area contributed by atoms with Crippen LogP contribution in [0.1, 0.15) is 34.1 Å².